The second kappa shape index (κ2) is 8.79. The molecule has 1 aromatic carbocycles. The van der Waals surface area contributed by atoms with Crippen LogP contribution in [-0.4, -0.2) is 55.2 Å². The van der Waals surface area contributed by atoms with Gasteiger partial charge in [0.15, 0.2) is 0 Å². The number of aryl methyl sites for hydroxylation is 1. The highest BCUT2D eigenvalue weighted by Crippen LogP contribution is 2.58. The van der Waals surface area contributed by atoms with Gasteiger partial charge in [0.05, 0.1) is 25.4 Å². The molecular weight excluding hydrogens is 404 g/mol. The molecule has 32 heavy (non-hydrogen) atoms. The van der Waals surface area contributed by atoms with Gasteiger partial charge in [-0.25, -0.2) is 0 Å². The molecule has 5 rings (SSSR count). The Morgan fingerprint density at radius 2 is 2.03 bits per heavy atom. The molecule has 4 aliphatic rings. The molecular formula is C26H36N2O4. The van der Waals surface area contributed by atoms with E-state index in [4.69, 9.17) is 15.2 Å². The summed E-state index contributed by atoms with van der Waals surface area (Å²) in [5.41, 5.74) is 8.82. The number of amides is 2. The van der Waals surface area contributed by atoms with Crippen molar-refractivity contribution in [2.45, 2.75) is 63.4 Å². The van der Waals surface area contributed by atoms with Gasteiger partial charge in [0.1, 0.15) is 0 Å². The second-order valence-electron chi connectivity index (χ2n) is 10.4. The van der Waals surface area contributed by atoms with Crippen molar-refractivity contribution in [1.82, 2.24) is 4.90 Å². The standard InChI is InChI=1S/C26H36N2O4/c1-26-10-9-21-20-7-6-18(25(27)30)15-17(20)5-8-22(21)24(26)19(16-32-26)3-2-4-23(29)28-11-13-31-14-12-28/h6-7,15,19,21-22,24H,2-5,8-14,16H2,1H3,(H2,27,30)/t19-,21+,22+,24-,26-/m0/s1. The highest BCUT2D eigenvalue weighted by Gasteiger charge is 2.55. The summed E-state index contributed by atoms with van der Waals surface area (Å²) in [5, 5.41) is 0. The van der Waals surface area contributed by atoms with E-state index in [1.807, 2.05) is 17.0 Å². The van der Waals surface area contributed by atoms with Crippen LogP contribution in [0.15, 0.2) is 18.2 Å². The minimum Gasteiger partial charge on any atom is -0.378 e. The summed E-state index contributed by atoms with van der Waals surface area (Å²) < 4.78 is 11.8. The number of carbonyl (C=O) groups excluding carboxylic acids is 2. The van der Waals surface area contributed by atoms with Gasteiger partial charge in [0.2, 0.25) is 11.8 Å². The number of ether oxygens (including phenoxy) is 2. The molecule has 0 aromatic heterocycles. The third kappa shape index (κ3) is 3.96. The van der Waals surface area contributed by atoms with Crippen LogP contribution in [0.2, 0.25) is 0 Å². The summed E-state index contributed by atoms with van der Waals surface area (Å²) in [6.45, 7) is 5.92. The largest absolute Gasteiger partial charge is 0.378 e. The van der Waals surface area contributed by atoms with Gasteiger partial charge in [-0.2, -0.15) is 0 Å². The number of hydrogen-bond donors (Lipinski definition) is 1. The van der Waals surface area contributed by atoms with E-state index in [1.54, 1.807) is 0 Å². The molecule has 0 radical (unpaired) electrons. The molecule has 2 amide bonds. The molecule has 2 aliphatic carbocycles. The monoisotopic (exact) mass is 440 g/mol. The normalized spacial score (nSPS) is 33.8. The van der Waals surface area contributed by atoms with Gasteiger partial charge in [-0.15, -0.1) is 0 Å². The first kappa shape index (κ1) is 21.9. The van der Waals surface area contributed by atoms with Crippen molar-refractivity contribution >= 4 is 11.8 Å². The Morgan fingerprint density at radius 1 is 1.22 bits per heavy atom. The zero-order valence-electron chi connectivity index (χ0n) is 19.2. The smallest absolute Gasteiger partial charge is 0.248 e. The first-order valence-corrected chi connectivity index (χ1v) is 12.4. The first-order valence-electron chi connectivity index (χ1n) is 12.4. The van der Waals surface area contributed by atoms with Crippen LogP contribution in [0.5, 0.6) is 0 Å². The van der Waals surface area contributed by atoms with Gasteiger partial charge < -0.3 is 20.1 Å². The molecule has 6 nitrogen and oxygen atoms in total. The lowest BCUT2D eigenvalue weighted by molar-refractivity contribution is -0.135. The van der Waals surface area contributed by atoms with E-state index in [-0.39, 0.29) is 17.4 Å². The number of nitrogens with two attached hydrogens (primary N) is 1. The maximum absolute atomic E-state index is 12.6. The number of morpholine rings is 1. The molecule has 0 bridgehead atoms. The number of nitrogens with zero attached hydrogens (tertiary/aromatic N) is 1. The van der Waals surface area contributed by atoms with E-state index in [0.29, 0.717) is 48.9 Å². The average Bonchev–Trinajstić information content (AvgIpc) is 3.15. The van der Waals surface area contributed by atoms with Crippen molar-refractivity contribution in [2.24, 2.45) is 23.5 Å². The van der Waals surface area contributed by atoms with E-state index in [0.717, 1.165) is 58.2 Å². The average molecular weight is 441 g/mol. The zero-order valence-corrected chi connectivity index (χ0v) is 19.2. The Morgan fingerprint density at radius 3 is 2.81 bits per heavy atom. The van der Waals surface area contributed by atoms with E-state index in [2.05, 4.69) is 13.0 Å². The van der Waals surface area contributed by atoms with Crippen molar-refractivity contribution in [3.05, 3.63) is 34.9 Å². The fourth-order valence-electron chi connectivity index (χ4n) is 7.12. The minimum absolute atomic E-state index is 0.0370. The Labute approximate surface area is 190 Å². The van der Waals surface area contributed by atoms with Crippen LogP contribution in [0.4, 0.5) is 0 Å². The molecule has 0 unspecified atom stereocenters. The summed E-state index contributed by atoms with van der Waals surface area (Å²) in [6, 6.07) is 6.07. The lowest BCUT2D eigenvalue weighted by Gasteiger charge is -2.49. The summed E-state index contributed by atoms with van der Waals surface area (Å²) in [6.07, 6.45) is 7.01. The van der Waals surface area contributed by atoms with Crippen LogP contribution in [-0.2, 0) is 20.7 Å². The molecule has 5 atom stereocenters. The van der Waals surface area contributed by atoms with Crippen LogP contribution in [0.25, 0.3) is 0 Å². The number of benzene rings is 1. The van der Waals surface area contributed by atoms with Crippen molar-refractivity contribution < 1.29 is 19.1 Å². The molecule has 6 heteroatoms. The predicted molar refractivity (Wildman–Crippen MR) is 121 cm³/mol. The van der Waals surface area contributed by atoms with E-state index in [1.165, 1.54) is 11.1 Å². The highest BCUT2D eigenvalue weighted by atomic mass is 16.5. The lowest BCUT2D eigenvalue weighted by atomic mass is 9.56. The molecule has 0 spiro atoms. The van der Waals surface area contributed by atoms with Crippen molar-refractivity contribution in [3.8, 4) is 0 Å². The SMILES string of the molecule is C[C@]12CC[C@@H]3c4ccc(C(N)=O)cc4CC[C@H]3[C@@H]1[C@@H](CCCC(=O)N1CCOCC1)CO2. The Balaban J connectivity index is 1.26. The third-order valence-electron chi connectivity index (χ3n) is 8.67. The number of carbonyl (C=O) groups is 2. The summed E-state index contributed by atoms with van der Waals surface area (Å²) in [5.74, 6) is 2.15. The van der Waals surface area contributed by atoms with Crippen LogP contribution >= 0.6 is 0 Å². The highest BCUT2D eigenvalue weighted by molar-refractivity contribution is 5.93. The molecule has 174 valence electrons. The molecule has 2 N–H and O–H groups in total. The number of primary amides is 1. The maximum Gasteiger partial charge on any atom is 0.248 e. The van der Waals surface area contributed by atoms with Gasteiger partial charge in [0, 0.05) is 25.1 Å². The zero-order chi connectivity index (χ0) is 22.3. The quantitative estimate of drug-likeness (QED) is 0.762. The second-order valence-corrected chi connectivity index (χ2v) is 10.4. The topological polar surface area (TPSA) is 81.9 Å². The fourth-order valence-corrected chi connectivity index (χ4v) is 7.12. The van der Waals surface area contributed by atoms with Crippen LogP contribution in [0.3, 0.4) is 0 Å². The summed E-state index contributed by atoms with van der Waals surface area (Å²) >= 11 is 0. The van der Waals surface area contributed by atoms with Crippen LogP contribution < -0.4 is 5.73 Å². The minimum atomic E-state index is -0.345. The van der Waals surface area contributed by atoms with Crippen LogP contribution in [0, 0.1) is 17.8 Å². The van der Waals surface area contributed by atoms with Gasteiger partial charge in [-0.1, -0.05) is 6.07 Å². The fraction of sp³-hybridized carbons (Fsp3) is 0.692. The van der Waals surface area contributed by atoms with Gasteiger partial charge in [-0.05, 0) is 92.4 Å². The van der Waals surface area contributed by atoms with Crippen molar-refractivity contribution in [3.63, 3.8) is 0 Å². The van der Waals surface area contributed by atoms with E-state index in [9.17, 15) is 9.59 Å². The van der Waals surface area contributed by atoms with Crippen molar-refractivity contribution in [2.75, 3.05) is 32.9 Å². The maximum atomic E-state index is 12.6. The molecule has 2 aliphatic heterocycles. The predicted octanol–water partition coefficient (Wildman–Crippen LogP) is 3.28. The van der Waals surface area contributed by atoms with Gasteiger partial charge >= 0.3 is 0 Å². The molecule has 2 saturated heterocycles. The molecule has 3 fully saturated rings. The Hall–Kier alpha value is -1.92. The first-order chi connectivity index (χ1) is 15.5. The van der Waals surface area contributed by atoms with Crippen LogP contribution in [0.1, 0.15) is 72.9 Å². The summed E-state index contributed by atoms with van der Waals surface area (Å²) in [4.78, 5) is 26.1. The third-order valence-corrected chi connectivity index (χ3v) is 8.67. The van der Waals surface area contributed by atoms with Gasteiger partial charge in [0.25, 0.3) is 0 Å². The summed E-state index contributed by atoms with van der Waals surface area (Å²) in [7, 11) is 0. The number of hydrogen-bond acceptors (Lipinski definition) is 4. The number of rotatable bonds is 5. The Bertz CT molecular complexity index is 881. The van der Waals surface area contributed by atoms with E-state index < -0.39 is 0 Å². The molecule has 1 saturated carbocycles. The van der Waals surface area contributed by atoms with Crippen molar-refractivity contribution in [1.29, 1.82) is 0 Å². The van der Waals surface area contributed by atoms with Gasteiger partial charge in [-0.3, -0.25) is 9.59 Å². The lowest BCUT2D eigenvalue weighted by Crippen LogP contribution is -2.46. The molecule has 2 heterocycles. The number of fused-ring (bicyclic) bond motifs is 5. The Kier molecular flexibility index (Phi) is 6.01. The van der Waals surface area contributed by atoms with E-state index >= 15 is 0 Å². The molecule has 1 aromatic rings.